The van der Waals surface area contributed by atoms with Crippen LogP contribution in [0.25, 0.3) is 20.4 Å². The van der Waals surface area contributed by atoms with Crippen LogP contribution in [0.5, 0.6) is 0 Å². The molecule has 6 rings (SSSR count). The largest absolute Gasteiger partial charge is 0.490 e. The van der Waals surface area contributed by atoms with E-state index in [0.717, 1.165) is 47.7 Å². The fourth-order valence-corrected chi connectivity index (χ4v) is 5.82. The molecule has 2 aliphatic rings. The summed E-state index contributed by atoms with van der Waals surface area (Å²) in [5.74, 6) is 0. The van der Waals surface area contributed by atoms with Crippen molar-refractivity contribution in [2.75, 3.05) is 18.4 Å². The van der Waals surface area contributed by atoms with Crippen LogP contribution in [0.4, 0.5) is 11.4 Å². The summed E-state index contributed by atoms with van der Waals surface area (Å²) in [6, 6.07) is 10.5. The maximum Gasteiger partial charge on any atom is 0.490 e. The van der Waals surface area contributed by atoms with Crippen LogP contribution in [0, 0.1) is 12.3 Å². The number of nitrogens with zero attached hydrogens (tertiary/aromatic N) is 2. The van der Waals surface area contributed by atoms with Gasteiger partial charge in [-0.1, -0.05) is 6.08 Å². The Morgan fingerprint density at radius 1 is 1.08 bits per heavy atom. The van der Waals surface area contributed by atoms with Gasteiger partial charge < -0.3 is 25.4 Å². The van der Waals surface area contributed by atoms with Gasteiger partial charge in [0.2, 0.25) is 0 Å². The highest BCUT2D eigenvalue weighted by molar-refractivity contribution is 7.18. The summed E-state index contributed by atoms with van der Waals surface area (Å²) in [5, 5.41) is 14.1. The molecule has 7 nitrogen and oxygen atoms in total. The molecule has 0 saturated carbocycles. The predicted octanol–water partition coefficient (Wildman–Crippen LogP) is 7.54. The van der Waals surface area contributed by atoms with Crippen molar-refractivity contribution in [3.05, 3.63) is 58.5 Å². The Morgan fingerprint density at radius 2 is 1.82 bits per heavy atom. The molecule has 0 atom stereocenters. The van der Waals surface area contributed by atoms with Crippen LogP contribution in [0.3, 0.4) is 0 Å². The minimum Gasteiger partial charge on any atom is -0.400 e. The average molecular weight is 564 g/mol. The number of rotatable bonds is 3. The van der Waals surface area contributed by atoms with Gasteiger partial charge in [0.1, 0.15) is 4.83 Å². The van der Waals surface area contributed by atoms with Gasteiger partial charge in [0.05, 0.1) is 32.6 Å². The van der Waals surface area contributed by atoms with Crippen molar-refractivity contribution in [3.8, 4) is 0 Å². The lowest BCUT2D eigenvalue weighted by Crippen LogP contribution is -2.41. The second kappa shape index (κ2) is 12.7. The zero-order chi connectivity index (χ0) is 28.0. The number of hydrogen-bond donors (Lipinski definition) is 3. The van der Waals surface area contributed by atoms with Crippen LogP contribution in [0.15, 0.2) is 53.6 Å². The van der Waals surface area contributed by atoms with E-state index >= 15 is 0 Å². The number of fused-ring (bicyclic) bond motifs is 2. The maximum absolute atomic E-state index is 6.08. The Morgan fingerprint density at radius 3 is 2.56 bits per heavy atom. The molecular weight excluding hydrogens is 525 g/mol. The molecule has 0 radical (unpaired) electrons. The van der Waals surface area contributed by atoms with Crippen molar-refractivity contribution >= 4 is 67.8 Å². The topological polar surface area (TPSA) is 92.2 Å². The van der Waals surface area contributed by atoms with Crippen molar-refractivity contribution in [1.29, 1.82) is 5.41 Å². The second-order valence-corrected chi connectivity index (χ2v) is 12.7. The third-order valence-electron chi connectivity index (χ3n) is 7.04. The lowest BCUT2D eigenvalue weighted by molar-refractivity contribution is 0.00578. The number of aromatic nitrogens is 2. The first-order valence-electron chi connectivity index (χ1n) is 13.3. The molecule has 4 aromatic rings. The smallest absolute Gasteiger partial charge is 0.400 e. The Hall–Kier alpha value is -2.63. The van der Waals surface area contributed by atoms with Gasteiger partial charge in [-0.3, -0.25) is 0 Å². The minimum absolute atomic E-state index is 0.148. The fourth-order valence-electron chi connectivity index (χ4n) is 4.29. The van der Waals surface area contributed by atoms with E-state index in [1.54, 1.807) is 29.6 Å². The molecule has 39 heavy (non-hydrogen) atoms. The summed E-state index contributed by atoms with van der Waals surface area (Å²) < 4.78 is 13.3. The van der Waals surface area contributed by atoms with Crippen molar-refractivity contribution in [2.45, 2.75) is 65.6 Å². The lowest BCUT2D eigenvalue weighted by Gasteiger charge is -2.32. The number of nitrogens with one attached hydrogen (secondary N) is 3. The number of thiophene rings is 1. The molecule has 206 valence electrons. The highest BCUT2D eigenvalue weighted by atomic mass is 32.1. The molecule has 0 bridgehead atoms. The average Bonchev–Trinajstić information content (AvgIpc) is 3.47. The standard InChI is InChI=1S/C15H11N3S2.C12H22BNO2.C2H5N/c1-9-6-11-12(4-5-16-15(11)20-9)18-10-2-3-14-13(7-10)17-8-19-14;1-11(2)12(3,4)16-13(15-11)10-6-5-8-14-9-7-10;1-2-3/h2-8H,1H3,(H,16,18);6,14H,5,7-9H2,1-4H3;2-3H,1H3. The number of pyridine rings is 1. The maximum atomic E-state index is 6.08. The predicted molar refractivity (Wildman–Crippen MR) is 168 cm³/mol. The zero-order valence-electron chi connectivity index (χ0n) is 23.6. The number of thiazole rings is 1. The molecule has 1 fully saturated rings. The highest BCUT2D eigenvalue weighted by Gasteiger charge is 2.52. The Bertz CT molecular complexity index is 1430. The molecule has 3 aromatic heterocycles. The van der Waals surface area contributed by atoms with Crippen LogP contribution in [0.1, 0.15) is 52.3 Å². The normalized spacial score (nSPS) is 17.9. The van der Waals surface area contributed by atoms with E-state index in [1.807, 2.05) is 17.8 Å². The van der Waals surface area contributed by atoms with Gasteiger partial charge in [-0.15, -0.1) is 22.7 Å². The molecule has 0 amide bonds. The Kier molecular flexibility index (Phi) is 9.56. The number of aryl methyl sites for hydroxylation is 1. The first-order valence-corrected chi connectivity index (χ1v) is 15.0. The van der Waals surface area contributed by atoms with Crippen LogP contribution >= 0.6 is 22.7 Å². The second-order valence-electron chi connectivity index (χ2n) is 10.5. The Labute approximate surface area is 239 Å². The van der Waals surface area contributed by atoms with Crippen LogP contribution < -0.4 is 10.6 Å². The third-order valence-corrected chi connectivity index (χ3v) is 8.81. The van der Waals surface area contributed by atoms with Crippen LogP contribution in [-0.4, -0.2) is 47.6 Å². The molecule has 2 aliphatic heterocycles. The summed E-state index contributed by atoms with van der Waals surface area (Å²) in [6.45, 7) is 14.3. The van der Waals surface area contributed by atoms with Crippen LogP contribution in [0.2, 0.25) is 0 Å². The number of hydrogen-bond acceptors (Lipinski definition) is 9. The van der Waals surface area contributed by atoms with Crippen LogP contribution in [-0.2, 0) is 9.31 Å². The highest BCUT2D eigenvalue weighted by Crippen LogP contribution is 2.39. The Balaban J connectivity index is 0.000000168. The quantitative estimate of drug-likeness (QED) is 0.176. The van der Waals surface area contributed by atoms with E-state index < -0.39 is 0 Å². The van der Waals surface area contributed by atoms with Crippen molar-refractivity contribution < 1.29 is 9.31 Å². The monoisotopic (exact) mass is 563 g/mol. The summed E-state index contributed by atoms with van der Waals surface area (Å²) in [5.41, 5.74) is 5.90. The molecule has 10 heteroatoms. The van der Waals surface area contributed by atoms with Gasteiger partial charge in [0, 0.05) is 22.1 Å². The summed E-state index contributed by atoms with van der Waals surface area (Å²) in [4.78, 5) is 11.1. The van der Waals surface area contributed by atoms with Gasteiger partial charge in [0.25, 0.3) is 0 Å². The van der Waals surface area contributed by atoms with Crippen molar-refractivity contribution in [3.63, 3.8) is 0 Å². The van der Waals surface area contributed by atoms with Gasteiger partial charge in [0.15, 0.2) is 0 Å². The molecule has 0 unspecified atom stereocenters. The van der Waals surface area contributed by atoms with E-state index in [9.17, 15) is 0 Å². The SMILES string of the molecule is CC1(C)OB(C2=CCCNCC2)OC1(C)C.CC=N.Cc1cc2c(Nc3ccc4scnc4c3)ccnc2s1. The zero-order valence-corrected chi connectivity index (χ0v) is 25.3. The number of anilines is 2. The van der Waals surface area contributed by atoms with Gasteiger partial charge >= 0.3 is 7.12 Å². The van der Waals surface area contributed by atoms with Crippen molar-refractivity contribution in [2.24, 2.45) is 0 Å². The summed E-state index contributed by atoms with van der Waals surface area (Å²) in [6.07, 6.45) is 7.46. The van der Waals surface area contributed by atoms with Gasteiger partial charge in [-0.25, -0.2) is 9.97 Å². The molecule has 3 N–H and O–H groups in total. The summed E-state index contributed by atoms with van der Waals surface area (Å²) >= 11 is 3.38. The van der Waals surface area contributed by atoms with Crippen molar-refractivity contribution in [1.82, 2.24) is 15.3 Å². The van der Waals surface area contributed by atoms with Gasteiger partial charge in [-0.2, -0.15) is 0 Å². The molecule has 0 aliphatic carbocycles. The van der Waals surface area contributed by atoms with E-state index in [4.69, 9.17) is 14.7 Å². The third kappa shape index (κ3) is 7.12. The van der Waals surface area contributed by atoms with E-state index in [1.165, 1.54) is 26.7 Å². The number of benzene rings is 1. The molecule has 0 spiro atoms. The molecule has 5 heterocycles. The molecule has 1 saturated heterocycles. The molecular formula is C29H38BN5O2S2. The molecule has 1 aromatic carbocycles. The first kappa shape index (κ1) is 29.4. The lowest BCUT2D eigenvalue weighted by atomic mass is 9.76. The van der Waals surface area contributed by atoms with E-state index in [0.29, 0.717) is 0 Å². The fraction of sp³-hybridized carbons (Fsp3) is 0.414. The summed E-state index contributed by atoms with van der Waals surface area (Å²) in [7, 11) is -0.148. The minimum atomic E-state index is -0.224. The van der Waals surface area contributed by atoms with Gasteiger partial charge in [-0.05, 0) is 109 Å². The van der Waals surface area contributed by atoms with E-state index in [2.05, 4.69) is 85.6 Å². The first-order chi connectivity index (χ1) is 18.6. The van der Waals surface area contributed by atoms with E-state index in [-0.39, 0.29) is 18.3 Å².